The van der Waals surface area contributed by atoms with Crippen molar-refractivity contribution in [3.8, 4) is 0 Å². The second-order valence-corrected chi connectivity index (χ2v) is 4.69. The summed E-state index contributed by atoms with van der Waals surface area (Å²) in [5.74, 6) is -0.753. The molecular formula is C8H9ClO4S. The molecule has 0 aliphatic carbocycles. The minimum absolute atomic E-state index is 0.267. The molecule has 0 radical (unpaired) electrons. The predicted molar refractivity (Wildman–Crippen MR) is 52.8 cm³/mol. The van der Waals surface area contributed by atoms with Crippen LogP contribution in [0.15, 0.2) is 24.3 Å². The first-order valence-corrected chi connectivity index (χ1v) is 5.76. The van der Waals surface area contributed by atoms with Crippen LogP contribution in [0.25, 0.3) is 0 Å². The molecule has 0 heterocycles. The van der Waals surface area contributed by atoms with Crippen molar-refractivity contribution < 1.29 is 18.1 Å². The molecule has 0 spiro atoms. The molecule has 0 bridgehead atoms. The van der Waals surface area contributed by atoms with Crippen molar-refractivity contribution in [1.82, 2.24) is 0 Å². The van der Waals surface area contributed by atoms with E-state index in [2.05, 4.69) is 0 Å². The first-order chi connectivity index (χ1) is 6.40. The van der Waals surface area contributed by atoms with Crippen LogP contribution >= 0.6 is 11.6 Å². The topological polar surface area (TPSA) is 74.6 Å². The molecule has 1 aromatic carbocycles. The fourth-order valence-electron chi connectivity index (χ4n) is 1.03. The molecule has 1 atom stereocenters. The smallest absolute Gasteiger partial charge is 0.267 e. The highest BCUT2D eigenvalue weighted by molar-refractivity contribution is 7.85. The zero-order valence-electron chi connectivity index (χ0n) is 7.09. The van der Waals surface area contributed by atoms with Gasteiger partial charge in [0.15, 0.2) is 0 Å². The Kier molecular flexibility index (Phi) is 3.49. The van der Waals surface area contributed by atoms with Crippen molar-refractivity contribution in [2.75, 3.05) is 5.75 Å². The summed E-state index contributed by atoms with van der Waals surface area (Å²) in [6.07, 6.45) is -1.31. The van der Waals surface area contributed by atoms with Crippen LogP contribution in [0.2, 0.25) is 5.02 Å². The third-order valence-electron chi connectivity index (χ3n) is 1.63. The Labute approximate surface area is 86.9 Å². The highest BCUT2D eigenvalue weighted by Gasteiger charge is 2.17. The summed E-state index contributed by atoms with van der Waals surface area (Å²) in [4.78, 5) is 0. The van der Waals surface area contributed by atoms with Crippen LogP contribution in [0.5, 0.6) is 0 Å². The first-order valence-electron chi connectivity index (χ1n) is 3.78. The zero-order valence-corrected chi connectivity index (χ0v) is 8.66. The lowest BCUT2D eigenvalue weighted by Gasteiger charge is -2.10. The van der Waals surface area contributed by atoms with E-state index >= 15 is 0 Å². The van der Waals surface area contributed by atoms with E-state index in [-0.39, 0.29) is 10.6 Å². The molecule has 0 fully saturated rings. The Morgan fingerprint density at radius 2 is 1.93 bits per heavy atom. The van der Waals surface area contributed by atoms with Crippen LogP contribution < -0.4 is 0 Å². The summed E-state index contributed by atoms with van der Waals surface area (Å²) in [6, 6.07) is 6.31. The van der Waals surface area contributed by atoms with Crippen molar-refractivity contribution in [2.24, 2.45) is 0 Å². The van der Waals surface area contributed by atoms with Crippen molar-refractivity contribution in [1.29, 1.82) is 0 Å². The Balaban J connectivity index is 2.90. The van der Waals surface area contributed by atoms with Crippen molar-refractivity contribution in [3.05, 3.63) is 34.9 Å². The van der Waals surface area contributed by atoms with Gasteiger partial charge in [-0.1, -0.05) is 29.8 Å². The van der Waals surface area contributed by atoms with Crippen LogP contribution in [0, 0.1) is 0 Å². The van der Waals surface area contributed by atoms with E-state index in [1.54, 1.807) is 12.1 Å². The Morgan fingerprint density at radius 3 is 2.43 bits per heavy atom. The number of halogens is 1. The molecule has 78 valence electrons. The van der Waals surface area contributed by atoms with Crippen LogP contribution in [0.4, 0.5) is 0 Å². The fraction of sp³-hybridized carbons (Fsp3) is 0.250. The van der Waals surface area contributed by atoms with Gasteiger partial charge in [-0.3, -0.25) is 4.55 Å². The van der Waals surface area contributed by atoms with Crippen molar-refractivity contribution >= 4 is 21.7 Å². The lowest BCUT2D eigenvalue weighted by Crippen LogP contribution is -2.13. The molecule has 2 N–H and O–H groups in total. The van der Waals surface area contributed by atoms with Gasteiger partial charge in [-0.05, 0) is 6.07 Å². The highest BCUT2D eigenvalue weighted by Crippen LogP contribution is 2.23. The van der Waals surface area contributed by atoms with Gasteiger partial charge in [-0.2, -0.15) is 8.42 Å². The van der Waals surface area contributed by atoms with Gasteiger partial charge in [0.1, 0.15) is 5.75 Å². The second-order valence-electron chi connectivity index (χ2n) is 2.79. The first kappa shape index (κ1) is 11.5. The molecule has 6 heteroatoms. The van der Waals surface area contributed by atoms with Crippen LogP contribution in [0.1, 0.15) is 11.7 Å². The van der Waals surface area contributed by atoms with E-state index in [0.29, 0.717) is 0 Å². The normalized spacial score (nSPS) is 13.9. The van der Waals surface area contributed by atoms with Crippen LogP contribution in [-0.4, -0.2) is 23.8 Å². The molecule has 0 amide bonds. The largest absolute Gasteiger partial charge is 0.387 e. The SMILES string of the molecule is O=S(=O)(O)CC(O)c1ccccc1Cl. The maximum atomic E-state index is 10.5. The van der Waals surface area contributed by atoms with Gasteiger partial charge in [0.25, 0.3) is 10.1 Å². The Hall–Kier alpha value is -0.620. The number of rotatable bonds is 3. The molecular weight excluding hydrogens is 228 g/mol. The van der Waals surface area contributed by atoms with Crippen LogP contribution in [-0.2, 0) is 10.1 Å². The summed E-state index contributed by atoms with van der Waals surface area (Å²) in [6.45, 7) is 0. The van der Waals surface area contributed by atoms with Gasteiger partial charge in [0, 0.05) is 10.6 Å². The number of benzene rings is 1. The summed E-state index contributed by atoms with van der Waals surface area (Å²) >= 11 is 5.71. The third kappa shape index (κ3) is 3.26. The molecule has 1 aromatic rings. The molecule has 1 unspecified atom stereocenters. The molecule has 0 aliphatic heterocycles. The maximum Gasteiger partial charge on any atom is 0.267 e. The van der Waals surface area contributed by atoms with E-state index in [1.807, 2.05) is 0 Å². The minimum Gasteiger partial charge on any atom is -0.387 e. The molecule has 0 saturated carbocycles. The van der Waals surface area contributed by atoms with Crippen LogP contribution in [0.3, 0.4) is 0 Å². The average molecular weight is 237 g/mol. The van der Waals surface area contributed by atoms with Crippen molar-refractivity contribution in [2.45, 2.75) is 6.10 Å². The number of aliphatic hydroxyl groups excluding tert-OH is 1. The maximum absolute atomic E-state index is 10.5. The molecule has 0 saturated heterocycles. The van der Waals surface area contributed by atoms with E-state index in [9.17, 15) is 13.5 Å². The zero-order chi connectivity index (χ0) is 10.8. The Morgan fingerprint density at radius 1 is 1.36 bits per heavy atom. The Bertz CT molecular complexity index is 415. The molecule has 1 rings (SSSR count). The van der Waals surface area contributed by atoms with Gasteiger partial charge < -0.3 is 5.11 Å². The lowest BCUT2D eigenvalue weighted by molar-refractivity contribution is 0.199. The minimum atomic E-state index is -4.20. The summed E-state index contributed by atoms with van der Waals surface area (Å²) in [7, 11) is -4.20. The molecule has 0 aromatic heterocycles. The number of aliphatic hydroxyl groups is 1. The monoisotopic (exact) mass is 236 g/mol. The molecule has 0 aliphatic rings. The molecule has 4 nitrogen and oxygen atoms in total. The quantitative estimate of drug-likeness (QED) is 0.775. The van der Waals surface area contributed by atoms with E-state index in [0.717, 1.165) is 0 Å². The average Bonchev–Trinajstić information content (AvgIpc) is 2.01. The lowest BCUT2D eigenvalue weighted by atomic mass is 10.1. The summed E-state index contributed by atoms with van der Waals surface area (Å²) in [5, 5.41) is 9.68. The van der Waals surface area contributed by atoms with Crippen molar-refractivity contribution in [3.63, 3.8) is 0 Å². The van der Waals surface area contributed by atoms with E-state index < -0.39 is 22.0 Å². The standard InChI is InChI=1S/C8H9ClO4S/c9-7-4-2-1-3-6(7)8(10)5-14(11,12)13/h1-4,8,10H,5H2,(H,11,12,13). The summed E-state index contributed by atoms with van der Waals surface area (Å²) in [5.41, 5.74) is 0.284. The number of hydrogen-bond acceptors (Lipinski definition) is 3. The van der Waals surface area contributed by atoms with Gasteiger partial charge in [0.05, 0.1) is 6.10 Å². The summed E-state index contributed by atoms with van der Waals surface area (Å²) < 4.78 is 29.5. The van der Waals surface area contributed by atoms with Gasteiger partial charge in [-0.25, -0.2) is 0 Å². The third-order valence-corrected chi connectivity index (χ3v) is 2.71. The molecule has 14 heavy (non-hydrogen) atoms. The van der Waals surface area contributed by atoms with E-state index in [1.165, 1.54) is 12.1 Å². The highest BCUT2D eigenvalue weighted by atomic mass is 35.5. The van der Waals surface area contributed by atoms with Gasteiger partial charge in [0.2, 0.25) is 0 Å². The number of hydrogen-bond donors (Lipinski definition) is 2. The van der Waals surface area contributed by atoms with Gasteiger partial charge >= 0.3 is 0 Å². The fourth-order valence-corrected chi connectivity index (χ4v) is 1.87. The van der Waals surface area contributed by atoms with Gasteiger partial charge in [-0.15, -0.1) is 0 Å². The predicted octanol–water partition coefficient (Wildman–Crippen LogP) is 1.26. The second kappa shape index (κ2) is 4.27. The van der Waals surface area contributed by atoms with E-state index in [4.69, 9.17) is 16.2 Å².